The first-order valence-corrected chi connectivity index (χ1v) is 8.64. The predicted molar refractivity (Wildman–Crippen MR) is 98.7 cm³/mol. The molecule has 1 N–H and O–H groups in total. The lowest BCUT2D eigenvalue weighted by Crippen LogP contribution is -2.35. The van der Waals surface area contributed by atoms with Gasteiger partial charge in [0, 0.05) is 30.5 Å². The molecular weight excluding hydrogens is 324 g/mol. The molecule has 2 aromatic rings. The number of nitrogens with one attached hydrogen (secondary N) is 1. The standard InChI is InChI=1S/C18H23ClN4O/c1-12-5-4-8-23(11-12)17-9-13(2)20-18(22-17)21-14-6-7-16(24-3)15(19)10-14/h6-7,9-10,12H,4-5,8,11H2,1-3H3,(H,20,21,22). The van der Waals surface area contributed by atoms with Crippen molar-refractivity contribution in [2.45, 2.75) is 26.7 Å². The van der Waals surface area contributed by atoms with Crippen LogP contribution in [0.15, 0.2) is 24.3 Å². The second-order valence-corrected chi connectivity index (χ2v) is 6.77. The second-order valence-electron chi connectivity index (χ2n) is 6.36. The molecule has 0 bridgehead atoms. The van der Waals surface area contributed by atoms with Gasteiger partial charge in [0.2, 0.25) is 5.95 Å². The van der Waals surface area contributed by atoms with E-state index in [2.05, 4.69) is 27.1 Å². The van der Waals surface area contributed by atoms with Crippen LogP contribution in [0.1, 0.15) is 25.5 Å². The quantitative estimate of drug-likeness (QED) is 0.887. The molecule has 1 aliphatic heterocycles. The summed E-state index contributed by atoms with van der Waals surface area (Å²) in [4.78, 5) is 11.5. The monoisotopic (exact) mass is 346 g/mol. The van der Waals surface area contributed by atoms with Crippen molar-refractivity contribution in [1.29, 1.82) is 0 Å². The van der Waals surface area contributed by atoms with Gasteiger partial charge in [-0.2, -0.15) is 4.98 Å². The highest BCUT2D eigenvalue weighted by Gasteiger charge is 2.18. The topological polar surface area (TPSA) is 50.3 Å². The predicted octanol–water partition coefficient (Wildman–Crippen LogP) is 4.43. The fraction of sp³-hybridized carbons (Fsp3) is 0.444. The summed E-state index contributed by atoms with van der Waals surface area (Å²) in [5, 5.41) is 3.79. The third-order valence-electron chi connectivity index (χ3n) is 4.23. The van der Waals surface area contributed by atoms with Crippen molar-refractivity contribution in [3.63, 3.8) is 0 Å². The van der Waals surface area contributed by atoms with E-state index in [1.54, 1.807) is 7.11 Å². The lowest BCUT2D eigenvalue weighted by molar-refractivity contribution is 0.415. The van der Waals surface area contributed by atoms with Gasteiger partial charge in [-0.3, -0.25) is 0 Å². The molecule has 1 fully saturated rings. The van der Waals surface area contributed by atoms with Gasteiger partial charge in [0.25, 0.3) is 0 Å². The number of rotatable bonds is 4. The minimum absolute atomic E-state index is 0.556. The number of piperidine rings is 1. The van der Waals surface area contributed by atoms with Crippen molar-refractivity contribution >= 4 is 29.1 Å². The van der Waals surface area contributed by atoms with Gasteiger partial charge < -0.3 is 15.0 Å². The molecule has 5 nitrogen and oxygen atoms in total. The Balaban J connectivity index is 1.82. The number of hydrogen-bond acceptors (Lipinski definition) is 5. The Labute approximate surface area is 148 Å². The van der Waals surface area contributed by atoms with E-state index in [9.17, 15) is 0 Å². The van der Waals surface area contributed by atoms with Gasteiger partial charge in [-0.05, 0) is 43.9 Å². The zero-order chi connectivity index (χ0) is 17.1. The highest BCUT2D eigenvalue weighted by Crippen LogP contribution is 2.29. The summed E-state index contributed by atoms with van der Waals surface area (Å²) in [5.41, 5.74) is 1.78. The van der Waals surface area contributed by atoms with E-state index in [-0.39, 0.29) is 0 Å². The molecule has 0 radical (unpaired) electrons. The maximum absolute atomic E-state index is 6.18. The first kappa shape index (κ1) is 16.8. The largest absolute Gasteiger partial charge is 0.495 e. The number of halogens is 1. The molecule has 1 atom stereocenters. The number of benzene rings is 1. The van der Waals surface area contributed by atoms with Crippen molar-refractivity contribution in [2.24, 2.45) is 5.92 Å². The van der Waals surface area contributed by atoms with Crippen LogP contribution in [-0.4, -0.2) is 30.2 Å². The summed E-state index contributed by atoms with van der Waals surface area (Å²) in [6.07, 6.45) is 2.50. The molecule has 0 aliphatic carbocycles. The highest BCUT2D eigenvalue weighted by atomic mass is 35.5. The zero-order valence-corrected chi connectivity index (χ0v) is 15.1. The Bertz CT molecular complexity index is 722. The van der Waals surface area contributed by atoms with Crippen molar-refractivity contribution in [3.05, 3.63) is 35.0 Å². The van der Waals surface area contributed by atoms with Gasteiger partial charge in [0.1, 0.15) is 11.6 Å². The van der Waals surface area contributed by atoms with Crippen molar-refractivity contribution in [3.8, 4) is 5.75 Å². The number of ether oxygens (including phenoxy) is 1. The maximum Gasteiger partial charge on any atom is 0.229 e. The smallest absolute Gasteiger partial charge is 0.229 e. The fourth-order valence-electron chi connectivity index (χ4n) is 3.04. The van der Waals surface area contributed by atoms with Crippen LogP contribution in [0.4, 0.5) is 17.5 Å². The zero-order valence-electron chi connectivity index (χ0n) is 14.3. The van der Waals surface area contributed by atoms with E-state index in [0.29, 0.717) is 22.6 Å². The van der Waals surface area contributed by atoms with Crippen LogP contribution in [0.25, 0.3) is 0 Å². The number of nitrogens with zero attached hydrogens (tertiary/aromatic N) is 3. The van der Waals surface area contributed by atoms with E-state index in [0.717, 1.165) is 30.3 Å². The van der Waals surface area contributed by atoms with Gasteiger partial charge in [-0.1, -0.05) is 18.5 Å². The Kier molecular flexibility index (Phi) is 5.09. The van der Waals surface area contributed by atoms with Crippen LogP contribution in [0.2, 0.25) is 5.02 Å². The first-order chi connectivity index (χ1) is 11.5. The van der Waals surface area contributed by atoms with Gasteiger partial charge in [-0.25, -0.2) is 4.98 Å². The fourth-order valence-corrected chi connectivity index (χ4v) is 3.30. The molecule has 1 unspecified atom stereocenters. The van der Waals surface area contributed by atoms with Crippen molar-refractivity contribution < 1.29 is 4.74 Å². The van der Waals surface area contributed by atoms with Crippen molar-refractivity contribution in [2.75, 3.05) is 30.4 Å². The summed E-state index contributed by atoms with van der Waals surface area (Å²) in [5.74, 6) is 2.92. The second kappa shape index (κ2) is 7.26. The molecule has 1 aromatic heterocycles. The lowest BCUT2D eigenvalue weighted by atomic mass is 10.0. The van der Waals surface area contributed by atoms with Gasteiger partial charge in [0.05, 0.1) is 12.1 Å². The Morgan fingerprint density at radius 1 is 1.29 bits per heavy atom. The molecule has 0 spiro atoms. The third-order valence-corrected chi connectivity index (χ3v) is 4.53. The molecule has 128 valence electrons. The summed E-state index contributed by atoms with van der Waals surface area (Å²) in [6, 6.07) is 7.59. The Hall–Kier alpha value is -2.01. The van der Waals surface area contributed by atoms with Gasteiger partial charge in [-0.15, -0.1) is 0 Å². The number of aromatic nitrogens is 2. The number of anilines is 3. The van der Waals surface area contributed by atoms with E-state index < -0.39 is 0 Å². The SMILES string of the molecule is COc1ccc(Nc2nc(C)cc(N3CCCC(C)C3)n2)cc1Cl. The minimum Gasteiger partial charge on any atom is -0.495 e. The first-order valence-electron chi connectivity index (χ1n) is 8.26. The van der Waals surface area contributed by atoms with E-state index in [1.165, 1.54) is 12.8 Å². The molecule has 6 heteroatoms. The number of aryl methyl sites for hydroxylation is 1. The van der Waals surface area contributed by atoms with Crippen LogP contribution in [0, 0.1) is 12.8 Å². The average Bonchev–Trinajstić information content (AvgIpc) is 2.54. The van der Waals surface area contributed by atoms with Gasteiger partial charge in [0.15, 0.2) is 0 Å². The van der Waals surface area contributed by atoms with Crippen molar-refractivity contribution in [1.82, 2.24) is 9.97 Å². The van der Waals surface area contributed by atoms with Crippen LogP contribution in [-0.2, 0) is 0 Å². The van der Waals surface area contributed by atoms with E-state index >= 15 is 0 Å². The minimum atomic E-state index is 0.556. The molecule has 1 aliphatic rings. The molecule has 3 rings (SSSR count). The summed E-state index contributed by atoms with van der Waals surface area (Å²) in [6.45, 7) is 6.38. The van der Waals surface area contributed by atoms with Crippen LogP contribution in [0.5, 0.6) is 5.75 Å². The maximum atomic E-state index is 6.18. The lowest BCUT2D eigenvalue weighted by Gasteiger charge is -2.32. The normalized spacial score (nSPS) is 17.7. The van der Waals surface area contributed by atoms with E-state index in [1.807, 2.05) is 31.2 Å². The molecule has 1 saturated heterocycles. The van der Waals surface area contributed by atoms with Crippen LogP contribution < -0.4 is 15.0 Å². The van der Waals surface area contributed by atoms with Crippen LogP contribution in [0.3, 0.4) is 0 Å². The number of methoxy groups -OCH3 is 1. The number of hydrogen-bond donors (Lipinski definition) is 1. The molecule has 0 saturated carbocycles. The Morgan fingerprint density at radius 2 is 2.12 bits per heavy atom. The average molecular weight is 347 g/mol. The Morgan fingerprint density at radius 3 is 2.83 bits per heavy atom. The van der Waals surface area contributed by atoms with E-state index in [4.69, 9.17) is 16.3 Å². The highest BCUT2D eigenvalue weighted by molar-refractivity contribution is 6.32. The molecule has 0 amide bonds. The summed E-state index contributed by atoms with van der Waals surface area (Å²) in [7, 11) is 1.60. The molecular formula is C18H23ClN4O. The van der Waals surface area contributed by atoms with Crippen LogP contribution >= 0.6 is 11.6 Å². The molecule has 2 heterocycles. The third kappa shape index (κ3) is 3.90. The summed E-state index contributed by atoms with van der Waals surface area (Å²) >= 11 is 6.18. The van der Waals surface area contributed by atoms with Gasteiger partial charge >= 0.3 is 0 Å². The summed E-state index contributed by atoms with van der Waals surface area (Å²) < 4.78 is 5.18. The molecule has 24 heavy (non-hydrogen) atoms. The molecule has 1 aromatic carbocycles.